The summed E-state index contributed by atoms with van der Waals surface area (Å²) in [5, 5.41) is 13.0. The Hall–Kier alpha value is -2.61. The van der Waals surface area contributed by atoms with Crippen molar-refractivity contribution in [3.63, 3.8) is 0 Å². The summed E-state index contributed by atoms with van der Waals surface area (Å²) in [6, 6.07) is 1.65. The first-order valence-electron chi connectivity index (χ1n) is 10.6. The van der Waals surface area contributed by atoms with Crippen LogP contribution in [-0.2, 0) is 0 Å². The second kappa shape index (κ2) is 6.97. The zero-order valence-electron chi connectivity index (χ0n) is 17.2. The monoisotopic (exact) mass is 415 g/mol. The van der Waals surface area contributed by atoms with Crippen molar-refractivity contribution in [1.82, 2.24) is 9.88 Å². The van der Waals surface area contributed by atoms with Crippen LogP contribution in [0.5, 0.6) is 5.75 Å². The molecule has 0 bridgehead atoms. The predicted molar refractivity (Wildman–Crippen MR) is 111 cm³/mol. The Kier molecular flexibility index (Phi) is 4.50. The molecule has 1 aliphatic carbocycles. The molecular weight excluding hydrogens is 389 g/mol. The van der Waals surface area contributed by atoms with E-state index >= 15 is 4.39 Å². The topological polar surface area (TPSA) is 83.8 Å². The van der Waals surface area contributed by atoms with Crippen LogP contribution in [0.25, 0.3) is 10.9 Å². The number of halogens is 1. The third-order valence-corrected chi connectivity index (χ3v) is 6.70. The average molecular weight is 415 g/mol. The molecule has 2 aliphatic heterocycles. The van der Waals surface area contributed by atoms with Gasteiger partial charge in [-0.2, -0.15) is 0 Å². The smallest absolute Gasteiger partial charge is 0.341 e. The van der Waals surface area contributed by atoms with Gasteiger partial charge in [0.1, 0.15) is 17.9 Å². The van der Waals surface area contributed by atoms with Gasteiger partial charge < -0.3 is 24.6 Å². The number of nitrogens with one attached hydrogen (secondary N) is 1. The fourth-order valence-corrected chi connectivity index (χ4v) is 4.75. The lowest BCUT2D eigenvalue weighted by molar-refractivity contribution is 0.0694. The number of pyridine rings is 1. The Morgan fingerprint density at radius 1 is 1.33 bits per heavy atom. The molecule has 1 aromatic heterocycles. The summed E-state index contributed by atoms with van der Waals surface area (Å²) in [5.41, 5.74) is -0.173. The highest BCUT2D eigenvalue weighted by molar-refractivity contribution is 5.97. The Morgan fingerprint density at radius 2 is 2.10 bits per heavy atom. The van der Waals surface area contributed by atoms with Gasteiger partial charge in [-0.25, -0.2) is 9.18 Å². The van der Waals surface area contributed by atoms with E-state index in [1.54, 1.807) is 4.57 Å². The van der Waals surface area contributed by atoms with E-state index in [1.807, 2.05) is 11.8 Å². The molecule has 1 aromatic carbocycles. The van der Waals surface area contributed by atoms with Gasteiger partial charge in [-0.15, -0.1) is 0 Å². The molecule has 160 valence electrons. The van der Waals surface area contributed by atoms with Crippen LogP contribution >= 0.6 is 0 Å². The Balaban J connectivity index is 1.60. The molecule has 0 amide bonds. The number of carboxylic acids is 1. The maximum absolute atomic E-state index is 15.3. The maximum Gasteiger partial charge on any atom is 0.341 e. The van der Waals surface area contributed by atoms with Crippen LogP contribution in [0.1, 0.15) is 43.1 Å². The number of ether oxygens (including phenoxy) is 1. The molecule has 2 N–H and O–H groups in total. The number of aromatic nitrogens is 1. The molecule has 2 aromatic rings. The van der Waals surface area contributed by atoms with Gasteiger partial charge in [0.15, 0.2) is 11.6 Å². The molecule has 3 heterocycles. The van der Waals surface area contributed by atoms with E-state index in [0.29, 0.717) is 47.9 Å². The van der Waals surface area contributed by atoms with Crippen LogP contribution < -0.4 is 20.4 Å². The number of anilines is 1. The number of carboxylic acid groups (broad SMARTS) is 1. The van der Waals surface area contributed by atoms with E-state index in [2.05, 4.69) is 12.2 Å². The van der Waals surface area contributed by atoms with E-state index in [0.717, 1.165) is 6.54 Å². The predicted octanol–water partition coefficient (Wildman–Crippen LogP) is 2.62. The van der Waals surface area contributed by atoms with Crippen molar-refractivity contribution in [2.75, 3.05) is 31.1 Å². The lowest BCUT2D eigenvalue weighted by atomic mass is 9.98. The molecule has 3 atom stereocenters. The number of benzene rings is 1. The van der Waals surface area contributed by atoms with Crippen LogP contribution in [0.15, 0.2) is 17.1 Å². The lowest BCUT2D eigenvalue weighted by Crippen LogP contribution is -2.30. The van der Waals surface area contributed by atoms with E-state index in [9.17, 15) is 14.7 Å². The molecule has 30 heavy (non-hydrogen) atoms. The number of aromatic carboxylic acids is 1. The first-order valence-corrected chi connectivity index (χ1v) is 10.6. The van der Waals surface area contributed by atoms with Crippen molar-refractivity contribution in [3.05, 3.63) is 33.9 Å². The number of hydrogen-bond donors (Lipinski definition) is 2. The van der Waals surface area contributed by atoms with Gasteiger partial charge in [-0.1, -0.05) is 6.92 Å². The highest BCUT2D eigenvalue weighted by Gasteiger charge is 2.36. The maximum atomic E-state index is 15.3. The van der Waals surface area contributed by atoms with Crippen LogP contribution in [0, 0.1) is 17.7 Å². The molecule has 2 fully saturated rings. The van der Waals surface area contributed by atoms with E-state index in [1.165, 1.54) is 25.1 Å². The largest absolute Gasteiger partial charge is 0.487 e. The third kappa shape index (κ3) is 3.05. The summed E-state index contributed by atoms with van der Waals surface area (Å²) in [6.07, 6.45) is 3.83. The fourth-order valence-electron chi connectivity index (χ4n) is 4.75. The van der Waals surface area contributed by atoms with Crippen molar-refractivity contribution in [2.24, 2.45) is 11.8 Å². The SMILES string of the molecule is CC1COc2c(N3C[C@H](CNC4CC4)[C@H](C)C3)c(F)cc3c(=O)c(C(=O)O)cn1c23. The number of hydrogen-bond acceptors (Lipinski definition) is 5. The number of rotatable bonds is 5. The van der Waals surface area contributed by atoms with Gasteiger partial charge in [0.05, 0.1) is 16.9 Å². The van der Waals surface area contributed by atoms with Crippen LogP contribution in [0.3, 0.4) is 0 Å². The minimum atomic E-state index is -1.31. The Bertz CT molecular complexity index is 1090. The van der Waals surface area contributed by atoms with Crippen molar-refractivity contribution in [3.8, 4) is 5.75 Å². The van der Waals surface area contributed by atoms with Gasteiger partial charge in [-0.05, 0) is 37.7 Å². The fraction of sp³-hybridized carbons (Fsp3) is 0.545. The van der Waals surface area contributed by atoms with Gasteiger partial charge in [0.25, 0.3) is 0 Å². The van der Waals surface area contributed by atoms with Gasteiger partial charge in [-0.3, -0.25) is 4.79 Å². The molecule has 1 unspecified atom stereocenters. The Labute approximate surface area is 173 Å². The second-order valence-corrected chi connectivity index (χ2v) is 9.00. The number of carbonyl (C=O) groups is 1. The van der Waals surface area contributed by atoms with Crippen LogP contribution in [0.2, 0.25) is 0 Å². The Morgan fingerprint density at radius 3 is 2.80 bits per heavy atom. The summed E-state index contributed by atoms with van der Waals surface area (Å²) in [5.74, 6) is -0.694. The lowest BCUT2D eigenvalue weighted by Gasteiger charge is -2.31. The molecular formula is C22H26FN3O4. The molecule has 8 heteroatoms. The van der Waals surface area contributed by atoms with E-state index in [4.69, 9.17) is 4.74 Å². The molecule has 7 nitrogen and oxygen atoms in total. The van der Waals surface area contributed by atoms with Crippen molar-refractivity contribution in [1.29, 1.82) is 0 Å². The normalized spacial score (nSPS) is 25.6. The summed E-state index contributed by atoms with van der Waals surface area (Å²) in [7, 11) is 0. The summed E-state index contributed by atoms with van der Waals surface area (Å²) in [4.78, 5) is 26.3. The minimum Gasteiger partial charge on any atom is -0.487 e. The average Bonchev–Trinajstić information content (AvgIpc) is 3.46. The standard InChI is InChI=1S/C22H26FN3O4/c1-11-7-25(8-13(11)6-24-14-3-4-14)19-17(23)5-15-18-21(19)30-10-12(2)26(18)9-16(20(15)27)22(28)29/h5,9,11-14,24H,3-4,6-8,10H2,1-2H3,(H,28,29)/t11-,12?,13+/m1/s1. The molecule has 0 radical (unpaired) electrons. The van der Waals surface area contributed by atoms with Crippen molar-refractivity contribution >= 4 is 22.6 Å². The van der Waals surface area contributed by atoms with E-state index in [-0.39, 0.29) is 23.6 Å². The first-order chi connectivity index (χ1) is 14.3. The van der Waals surface area contributed by atoms with Crippen molar-refractivity contribution in [2.45, 2.75) is 38.8 Å². The summed E-state index contributed by atoms with van der Waals surface area (Å²) >= 11 is 0. The van der Waals surface area contributed by atoms with Gasteiger partial charge >= 0.3 is 5.97 Å². The van der Waals surface area contributed by atoms with Crippen LogP contribution in [-0.4, -0.2) is 47.9 Å². The molecule has 5 rings (SSSR count). The third-order valence-electron chi connectivity index (χ3n) is 6.70. The van der Waals surface area contributed by atoms with Crippen molar-refractivity contribution < 1.29 is 19.0 Å². The zero-order chi connectivity index (χ0) is 21.2. The van der Waals surface area contributed by atoms with Crippen LogP contribution in [0.4, 0.5) is 10.1 Å². The van der Waals surface area contributed by atoms with E-state index < -0.39 is 17.2 Å². The first kappa shape index (κ1) is 19.4. The highest BCUT2D eigenvalue weighted by Crippen LogP contribution is 2.44. The zero-order valence-corrected chi connectivity index (χ0v) is 17.2. The number of nitrogens with zero attached hydrogens (tertiary/aromatic N) is 2. The molecule has 3 aliphatic rings. The quantitative estimate of drug-likeness (QED) is 0.781. The van der Waals surface area contributed by atoms with Gasteiger partial charge in [0.2, 0.25) is 5.43 Å². The minimum absolute atomic E-state index is 0.0527. The summed E-state index contributed by atoms with van der Waals surface area (Å²) < 4.78 is 23.0. The summed E-state index contributed by atoms with van der Waals surface area (Å²) in [6.45, 7) is 6.70. The second-order valence-electron chi connectivity index (χ2n) is 9.00. The van der Waals surface area contributed by atoms with Gasteiger partial charge in [0, 0.05) is 31.9 Å². The molecule has 0 spiro atoms. The molecule has 1 saturated carbocycles. The highest BCUT2D eigenvalue weighted by atomic mass is 19.1. The molecule has 1 saturated heterocycles.